The number of anilines is 1. The molecule has 0 aromatic heterocycles. The molecule has 2 atom stereocenters. The lowest BCUT2D eigenvalue weighted by atomic mass is 9.99. The Bertz CT molecular complexity index is 367. The number of rotatable bonds is 3. The molecule has 17 heavy (non-hydrogen) atoms. The van der Waals surface area contributed by atoms with Gasteiger partial charge in [0.1, 0.15) is 0 Å². The smallest absolute Gasteiger partial charge is 0.0353 e. The zero-order valence-corrected chi connectivity index (χ0v) is 11.8. The van der Waals surface area contributed by atoms with Crippen molar-refractivity contribution in [2.24, 2.45) is 0 Å². The van der Waals surface area contributed by atoms with Crippen molar-refractivity contribution in [3.8, 4) is 0 Å². The summed E-state index contributed by atoms with van der Waals surface area (Å²) in [4.78, 5) is 3.77. The fourth-order valence-electron chi connectivity index (χ4n) is 2.37. The van der Waals surface area contributed by atoms with Crippen LogP contribution in [0, 0.1) is 0 Å². The van der Waals surface area contributed by atoms with Gasteiger partial charge in [-0.1, -0.05) is 6.07 Å². The van der Waals surface area contributed by atoms with Gasteiger partial charge in [0.05, 0.1) is 0 Å². The van der Waals surface area contributed by atoms with E-state index in [0.717, 1.165) is 0 Å². The molecule has 3 heteroatoms. The van der Waals surface area contributed by atoms with Crippen LogP contribution in [0.15, 0.2) is 29.2 Å². The minimum atomic E-state index is 0.623. The first-order valence-electron chi connectivity index (χ1n) is 6.30. The average molecular weight is 250 g/mol. The monoisotopic (exact) mass is 250 g/mol. The van der Waals surface area contributed by atoms with Crippen molar-refractivity contribution in [2.45, 2.75) is 36.7 Å². The second kappa shape index (κ2) is 5.78. The van der Waals surface area contributed by atoms with Crippen molar-refractivity contribution in [3.05, 3.63) is 24.3 Å². The van der Waals surface area contributed by atoms with Gasteiger partial charge in [0.15, 0.2) is 0 Å². The van der Waals surface area contributed by atoms with Crippen molar-refractivity contribution in [1.82, 2.24) is 4.90 Å². The molecule has 94 valence electrons. The van der Waals surface area contributed by atoms with E-state index in [1.54, 1.807) is 11.8 Å². The lowest BCUT2D eigenvalue weighted by Gasteiger charge is -2.35. The number of likely N-dealkylation sites (tertiary alicyclic amines) is 1. The highest BCUT2D eigenvalue weighted by Gasteiger charge is 2.22. The minimum Gasteiger partial charge on any atom is -0.382 e. The van der Waals surface area contributed by atoms with Gasteiger partial charge in [-0.25, -0.2) is 0 Å². The third kappa shape index (κ3) is 3.39. The standard InChI is InChI=1S/C14H22N2S/c1-11-9-13(7-8-16(11)2)15-12-5-4-6-14(10-12)17-3/h4-6,10-11,13,15H,7-9H2,1-3H3. The van der Waals surface area contributed by atoms with Crippen molar-refractivity contribution < 1.29 is 0 Å². The van der Waals surface area contributed by atoms with Crippen LogP contribution in [0.4, 0.5) is 5.69 Å². The number of thioether (sulfide) groups is 1. The summed E-state index contributed by atoms with van der Waals surface area (Å²) < 4.78 is 0. The van der Waals surface area contributed by atoms with Crippen molar-refractivity contribution in [3.63, 3.8) is 0 Å². The summed E-state index contributed by atoms with van der Waals surface area (Å²) in [5, 5.41) is 3.67. The van der Waals surface area contributed by atoms with Gasteiger partial charge < -0.3 is 10.2 Å². The maximum atomic E-state index is 3.67. The molecule has 0 spiro atoms. The van der Waals surface area contributed by atoms with Gasteiger partial charge in [0.2, 0.25) is 0 Å². The molecule has 0 saturated carbocycles. The van der Waals surface area contributed by atoms with Crippen LogP contribution in [0.3, 0.4) is 0 Å². The molecule has 1 N–H and O–H groups in total. The third-order valence-electron chi connectivity index (χ3n) is 3.65. The Balaban J connectivity index is 1.96. The normalized spacial score (nSPS) is 25.8. The summed E-state index contributed by atoms with van der Waals surface area (Å²) in [6.45, 7) is 3.51. The molecule has 1 fully saturated rings. The number of piperidine rings is 1. The molecule has 0 aliphatic carbocycles. The van der Waals surface area contributed by atoms with E-state index >= 15 is 0 Å². The summed E-state index contributed by atoms with van der Waals surface area (Å²) in [5.41, 5.74) is 1.26. The maximum absolute atomic E-state index is 3.67. The summed E-state index contributed by atoms with van der Waals surface area (Å²) in [7, 11) is 2.22. The molecule has 1 heterocycles. The first-order chi connectivity index (χ1) is 8.19. The number of nitrogens with zero attached hydrogens (tertiary/aromatic N) is 1. The van der Waals surface area contributed by atoms with Crippen molar-refractivity contribution >= 4 is 17.4 Å². The molecule has 0 radical (unpaired) electrons. The topological polar surface area (TPSA) is 15.3 Å². The molecule has 1 aliphatic heterocycles. The molecule has 1 saturated heterocycles. The molecule has 0 bridgehead atoms. The van der Waals surface area contributed by atoms with Crippen LogP contribution in [0.1, 0.15) is 19.8 Å². The van der Waals surface area contributed by atoms with Crippen LogP contribution in [0.25, 0.3) is 0 Å². The van der Waals surface area contributed by atoms with E-state index in [0.29, 0.717) is 12.1 Å². The average Bonchev–Trinajstić information content (AvgIpc) is 2.34. The SMILES string of the molecule is CSc1cccc(NC2CCN(C)C(C)C2)c1. The zero-order chi connectivity index (χ0) is 12.3. The lowest BCUT2D eigenvalue weighted by Crippen LogP contribution is -2.42. The van der Waals surface area contributed by atoms with E-state index in [9.17, 15) is 0 Å². The predicted molar refractivity (Wildman–Crippen MR) is 77.0 cm³/mol. The van der Waals surface area contributed by atoms with Crippen molar-refractivity contribution in [2.75, 3.05) is 25.2 Å². The quantitative estimate of drug-likeness (QED) is 0.829. The van der Waals surface area contributed by atoms with E-state index in [1.807, 2.05) is 0 Å². The first-order valence-corrected chi connectivity index (χ1v) is 7.52. The minimum absolute atomic E-state index is 0.623. The first kappa shape index (κ1) is 12.8. The molecular formula is C14H22N2S. The zero-order valence-electron chi connectivity index (χ0n) is 10.9. The lowest BCUT2D eigenvalue weighted by molar-refractivity contribution is 0.190. The van der Waals surface area contributed by atoms with Crippen LogP contribution < -0.4 is 5.32 Å². The van der Waals surface area contributed by atoms with Crippen LogP contribution in [0.2, 0.25) is 0 Å². The van der Waals surface area contributed by atoms with Gasteiger partial charge in [0, 0.05) is 29.2 Å². The predicted octanol–water partition coefficient (Wildman–Crippen LogP) is 3.30. The van der Waals surface area contributed by atoms with Crippen molar-refractivity contribution in [1.29, 1.82) is 0 Å². The Hall–Kier alpha value is -0.670. The number of hydrogen-bond donors (Lipinski definition) is 1. The Morgan fingerprint density at radius 3 is 2.94 bits per heavy atom. The largest absolute Gasteiger partial charge is 0.382 e. The Labute approximate surface area is 109 Å². The highest BCUT2D eigenvalue weighted by Crippen LogP contribution is 2.23. The fourth-order valence-corrected chi connectivity index (χ4v) is 2.83. The van der Waals surface area contributed by atoms with E-state index in [2.05, 4.69) is 54.7 Å². The van der Waals surface area contributed by atoms with E-state index < -0.39 is 0 Å². The second-order valence-corrected chi connectivity index (χ2v) is 5.81. The third-order valence-corrected chi connectivity index (χ3v) is 4.37. The molecule has 2 unspecified atom stereocenters. The molecule has 2 rings (SSSR count). The number of hydrogen-bond acceptors (Lipinski definition) is 3. The van der Waals surface area contributed by atoms with Gasteiger partial charge in [-0.2, -0.15) is 0 Å². The van der Waals surface area contributed by atoms with E-state index in [4.69, 9.17) is 0 Å². The van der Waals surface area contributed by atoms with Crippen LogP contribution in [0.5, 0.6) is 0 Å². The van der Waals surface area contributed by atoms with Gasteiger partial charge >= 0.3 is 0 Å². The van der Waals surface area contributed by atoms with Crippen LogP contribution in [-0.4, -0.2) is 36.8 Å². The molecule has 1 aromatic carbocycles. The molecule has 2 nitrogen and oxygen atoms in total. The van der Waals surface area contributed by atoms with Crippen LogP contribution in [-0.2, 0) is 0 Å². The van der Waals surface area contributed by atoms with Gasteiger partial charge in [-0.15, -0.1) is 11.8 Å². The number of nitrogens with one attached hydrogen (secondary N) is 1. The summed E-state index contributed by atoms with van der Waals surface area (Å²) in [5.74, 6) is 0. The van der Waals surface area contributed by atoms with Gasteiger partial charge in [-0.3, -0.25) is 0 Å². The number of benzene rings is 1. The summed E-state index contributed by atoms with van der Waals surface area (Å²) in [6, 6.07) is 10.0. The van der Waals surface area contributed by atoms with Gasteiger partial charge in [0.25, 0.3) is 0 Å². The Morgan fingerprint density at radius 2 is 2.24 bits per heavy atom. The highest BCUT2D eigenvalue weighted by atomic mass is 32.2. The molecule has 0 amide bonds. The maximum Gasteiger partial charge on any atom is 0.0353 e. The second-order valence-electron chi connectivity index (χ2n) is 4.93. The summed E-state index contributed by atoms with van der Waals surface area (Å²) >= 11 is 1.80. The van der Waals surface area contributed by atoms with E-state index in [-0.39, 0.29) is 0 Å². The molecular weight excluding hydrogens is 228 g/mol. The summed E-state index contributed by atoms with van der Waals surface area (Å²) in [6.07, 6.45) is 4.60. The van der Waals surface area contributed by atoms with E-state index in [1.165, 1.54) is 30.0 Å². The fraction of sp³-hybridized carbons (Fsp3) is 0.571. The molecule has 1 aliphatic rings. The van der Waals surface area contributed by atoms with Gasteiger partial charge in [-0.05, 0) is 51.3 Å². The highest BCUT2D eigenvalue weighted by molar-refractivity contribution is 7.98. The Kier molecular flexibility index (Phi) is 4.35. The Morgan fingerprint density at radius 1 is 1.41 bits per heavy atom. The molecule has 1 aromatic rings. The van der Waals surface area contributed by atoms with Crippen LogP contribution >= 0.6 is 11.8 Å².